The van der Waals surface area contributed by atoms with Gasteiger partial charge in [-0.3, -0.25) is 9.78 Å². The number of nitrogens with zero attached hydrogens (tertiary/aromatic N) is 2. The van der Waals surface area contributed by atoms with Crippen LogP contribution in [0.1, 0.15) is 18.5 Å². The highest BCUT2D eigenvalue weighted by atomic mass is 16.5. The summed E-state index contributed by atoms with van der Waals surface area (Å²) in [5, 5.41) is 3.82. The zero-order valence-electron chi connectivity index (χ0n) is 8.80. The molecule has 1 aliphatic heterocycles. The van der Waals surface area contributed by atoms with Crippen LogP contribution in [0.15, 0.2) is 29.5 Å². The van der Waals surface area contributed by atoms with Crippen LogP contribution < -0.4 is 5.43 Å². The van der Waals surface area contributed by atoms with Gasteiger partial charge in [-0.15, -0.1) is 0 Å². The summed E-state index contributed by atoms with van der Waals surface area (Å²) in [4.78, 5) is 15.5. The van der Waals surface area contributed by atoms with Gasteiger partial charge in [-0.25, -0.2) is 5.43 Å². The molecule has 5 nitrogen and oxygen atoms in total. The number of rotatable bonds is 3. The molecule has 2 heterocycles. The molecule has 5 heteroatoms. The molecule has 0 spiro atoms. The van der Waals surface area contributed by atoms with E-state index in [9.17, 15) is 4.79 Å². The smallest absolute Gasteiger partial charge is 0.269 e. The van der Waals surface area contributed by atoms with Gasteiger partial charge in [0.2, 0.25) is 0 Å². The van der Waals surface area contributed by atoms with Crippen LogP contribution in [0, 0.1) is 0 Å². The van der Waals surface area contributed by atoms with Gasteiger partial charge in [0.05, 0.1) is 11.9 Å². The van der Waals surface area contributed by atoms with Crippen LogP contribution in [0.3, 0.4) is 0 Å². The number of aromatic nitrogens is 1. The van der Waals surface area contributed by atoms with E-state index in [4.69, 9.17) is 4.74 Å². The Kier molecular flexibility index (Phi) is 3.61. The molecule has 0 aliphatic carbocycles. The number of carbonyl (C=O) groups excluding carboxylic acids is 1. The van der Waals surface area contributed by atoms with E-state index >= 15 is 0 Å². The van der Waals surface area contributed by atoms with Crippen LogP contribution in [-0.4, -0.2) is 29.8 Å². The van der Waals surface area contributed by atoms with Crippen LogP contribution >= 0.6 is 0 Å². The highest BCUT2D eigenvalue weighted by Gasteiger charge is 2.22. The first-order valence-corrected chi connectivity index (χ1v) is 5.22. The third-order valence-electron chi connectivity index (χ3n) is 2.28. The van der Waals surface area contributed by atoms with Gasteiger partial charge in [0.15, 0.2) is 0 Å². The molecule has 1 saturated heterocycles. The van der Waals surface area contributed by atoms with Crippen LogP contribution in [0.25, 0.3) is 0 Å². The van der Waals surface area contributed by atoms with Crippen molar-refractivity contribution in [3.05, 3.63) is 30.1 Å². The molecule has 16 heavy (non-hydrogen) atoms. The van der Waals surface area contributed by atoms with Crippen molar-refractivity contribution in [1.29, 1.82) is 0 Å². The highest BCUT2D eigenvalue weighted by Crippen LogP contribution is 2.11. The zero-order chi connectivity index (χ0) is 11.2. The first-order valence-electron chi connectivity index (χ1n) is 5.22. The van der Waals surface area contributed by atoms with E-state index in [1.807, 2.05) is 18.2 Å². The van der Waals surface area contributed by atoms with E-state index in [0.29, 0.717) is 12.3 Å². The summed E-state index contributed by atoms with van der Waals surface area (Å²) in [6.45, 7) is 0.655. The summed E-state index contributed by atoms with van der Waals surface area (Å²) in [5.41, 5.74) is 3.14. The van der Waals surface area contributed by atoms with Gasteiger partial charge in [0.1, 0.15) is 6.10 Å². The summed E-state index contributed by atoms with van der Waals surface area (Å²) in [5.74, 6) is -0.190. The second-order valence-corrected chi connectivity index (χ2v) is 3.49. The fraction of sp³-hybridized carbons (Fsp3) is 0.364. The van der Waals surface area contributed by atoms with Crippen LogP contribution in [0.4, 0.5) is 0 Å². The normalized spacial score (nSPS) is 20.1. The molecule has 1 N–H and O–H groups in total. The number of hydrogen-bond donors (Lipinski definition) is 1. The van der Waals surface area contributed by atoms with Crippen molar-refractivity contribution < 1.29 is 9.53 Å². The van der Waals surface area contributed by atoms with E-state index < -0.39 is 0 Å². The Morgan fingerprint density at radius 2 is 2.56 bits per heavy atom. The number of nitrogens with one attached hydrogen (secondary N) is 1. The lowest BCUT2D eigenvalue weighted by Gasteiger charge is -2.05. The maximum absolute atomic E-state index is 11.5. The lowest BCUT2D eigenvalue weighted by atomic mass is 10.2. The molecule has 1 fully saturated rings. The number of carbonyl (C=O) groups is 1. The molecular weight excluding hydrogens is 206 g/mol. The van der Waals surface area contributed by atoms with Crippen molar-refractivity contribution in [3.8, 4) is 0 Å². The first-order chi connectivity index (χ1) is 7.86. The molecule has 84 valence electrons. The van der Waals surface area contributed by atoms with Crippen LogP contribution in [0.2, 0.25) is 0 Å². The van der Waals surface area contributed by atoms with E-state index in [1.54, 1.807) is 6.20 Å². The summed E-state index contributed by atoms with van der Waals surface area (Å²) in [6.07, 6.45) is 4.53. The second-order valence-electron chi connectivity index (χ2n) is 3.49. The topological polar surface area (TPSA) is 63.6 Å². The van der Waals surface area contributed by atoms with Crippen molar-refractivity contribution in [2.45, 2.75) is 18.9 Å². The van der Waals surface area contributed by atoms with Crippen molar-refractivity contribution in [3.63, 3.8) is 0 Å². The van der Waals surface area contributed by atoms with E-state index in [0.717, 1.165) is 12.8 Å². The molecule has 1 atom stereocenters. The third-order valence-corrected chi connectivity index (χ3v) is 2.28. The van der Waals surface area contributed by atoms with Gasteiger partial charge < -0.3 is 4.74 Å². The van der Waals surface area contributed by atoms with E-state index in [-0.39, 0.29) is 12.0 Å². The standard InChI is InChI=1S/C11H13N3O2/c15-11(10-5-3-7-16-10)14-13-8-9-4-1-2-6-12-9/h1-2,4,6,8,10H,3,5,7H2,(H,14,15)/b13-8+/t10-/m1/s1. The molecule has 1 aromatic heterocycles. The monoisotopic (exact) mass is 219 g/mol. The van der Waals surface area contributed by atoms with Crippen LogP contribution in [0.5, 0.6) is 0 Å². The lowest BCUT2D eigenvalue weighted by molar-refractivity contribution is -0.130. The van der Waals surface area contributed by atoms with Crippen molar-refractivity contribution in [1.82, 2.24) is 10.4 Å². The Morgan fingerprint density at radius 1 is 1.62 bits per heavy atom. The number of amides is 1. The minimum atomic E-state index is -0.346. The summed E-state index contributed by atoms with van der Waals surface area (Å²) in [7, 11) is 0. The number of hydrazone groups is 1. The lowest BCUT2D eigenvalue weighted by Crippen LogP contribution is -2.30. The fourth-order valence-corrected chi connectivity index (χ4v) is 1.47. The quantitative estimate of drug-likeness (QED) is 0.601. The maximum atomic E-state index is 11.5. The number of ether oxygens (including phenoxy) is 1. The largest absolute Gasteiger partial charge is 0.368 e. The van der Waals surface area contributed by atoms with Crippen molar-refractivity contribution >= 4 is 12.1 Å². The molecular formula is C11H13N3O2. The SMILES string of the molecule is O=C(N/N=C/c1ccccn1)[C@H]1CCCO1. The predicted octanol–water partition coefficient (Wildman–Crippen LogP) is 0.711. The Bertz CT molecular complexity index is 372. The van der Waals surface area contributed by atoms with Crippen LogP contribution in [-0.2, 0) is 9.53 Å². The molecule has 2 rings (SSSR count). The average Bonchev–Trinajstić information content (AvgIpc) is 2.84. The zero-order valence-corrected chi connectivity index (χ0v) is 8.80. The fourth-order valence-electron chi connectivity index (χ4n) is 1.47. The van der Waals surface area contributed by atoms with Gasteiger partial charge >= 0.3 is 0 Å². The highest BCUT2D eigenvalue weighted by molar-refractivity contribution is 5.83. The molecule has 0 bridgehead atoms. The van der Waals surface area contributed by atoms with Gasteiger partial charge in [-0.1, -0.05) is 6.07 Å². The predicted molar refractivity (Wildman–Crippen MR) is 58.9 cm³/mol. The summed E-state index contributed by atoms with van der Waals surface area (Å²) in [6, 6.07) is 5.49. The minimum absolute atomic E-state index is 0.190. The van der Waals surface area contributed by atoms with Crippen molar-refractivity contribution in [2.24, 2.45) is 5.10 Å². The van der Waals surface area contributed by atoms with Gasteiger partial charge in [0, 0.05) is 12.8 Å². The number of pyridine rings is 1. The molecule has 0 unspecified atom stereocenters. The van der Waals surface area contributed by atoms with Crippen molar-refractivity contribution in [2.75, 3.05) is 6.61 Å². The molecule has 0 aromatic carbocycles. The molecule has 1 aliphatic rings. The number of hydrogen-bond acceptors (Lipinski definition) is 4. The van der Waals surface area contributed by atoms with Gasteiger partial charge in [0.25, 0.3) is 5.91 Å². The molecule has 1 amide bonds. The molecule has 1 aromatic rings. The van der Waals surface area contributed by atoms with Gasteiger partial charge in [-0.2, -0.15) is 5.10 Å². The minimum Gasteiger partial charge on any atom is -0.368 e. The van der Waals surface area contributed by atoms with E-state index in [1.165, 1.54) is 6.21 Å². The molecule has 0 radical (unpaired) electrons. The Balaban J connectivity index is 1.82. The maximum Gasteiger partial charge on any atom is 0.269 e. The van der Waals surface area contributed by atoms with Gasteiger partial charge in [-0.05, 0) is 25.0 Å². The second kappa shape index (κ2) is 5.37. The Hall–Kier alpha value is -1.75. The summed E-state index contributed by atoms with van der Waals surface area (Å²) >= 11 is 0. The average molecular weight is 219 g/mol. The Morgan fingerprint density at radius 3 is 3.25 bits per heavy atom. The molecule has 0 saturated carbocycles. The third kappa shape index (κ3) is 2.87. The summed E-state index contributed by atoms with van der Waals surface area (Å²) < 4.78 is 5.22. The Labute approximate surface area is 93.5 Å². The first kappa shape index (κ1) is 10.8. The van der Waals surface area contributed by atoms with E-state index in [2.05, 4.69) is 15.5 Å².